The minimum Gasteiger partial charge on any atom is -0.543 e. The van der Waals surface area contributed by atoms with E-state index in [1.54, 1.807) is 0 Å². The second-order valence-corrected chi connectivity index (χ2v) is 3.50. The van der Waals surface area contributed by atoms with E-state index in [2.05, 4.69) is 22.2 Å². The van der Waals surface area contributed by atoms with E-state index >= 15 is 0 Å². The largest absolute Gasteiger partial charge is 0.543 e. The van der Waals surface area contributed by atoms with Crippen LogP contribution in [0.3, 0.4) is 0 Å². The van der Waals surface area contributed by atoms with E-state index in [0.717, 1.165) is 19.3 Å². The van der Waals surface area contributed by atoms with Crippen molar-refractivity contribution in [1.82, 2.24) is 15.3 Å². The van der Waals surface area contributed by atoms with Crippen molar-refractivity contribution in [2.45, 2.75) is 26.2 Å². The monoisotopic (exact) mass is 236 g/mol. The molecule has 0 aromatic carbocycles. The zero-order valence-electron chi connectivity index (χ0n) is 9.60. The summed E-state index contributed by atoms with van der Waals surface area (Å²) in [4.78, 5) is 29.6. The Bertz CT molecular complexity index is 407. The second kappa shape index (κ2) is 6.57. The first kappa shape index (κ1) is 13.1. The number of hydrogen-bond acceptors (Lipinski definition) is 5. The first-order valence-electron chi connectivity index (χ1n) is 5.47. The summed E-state index contributed by atoms with van der Waals surface area (Å²) >= 11 is 0. The van der Waals surface area contributed by atoms with Crippen LogP contribution in [-0.4, -0.2) is 28.4 Å². The van der Waals surface area contributed by atoms with Crippen molar-refractivity contribution in [3.63, 3.8) is 0 Å². The number of aromatic nitrogens is 2. The minimum absolute atomic E-state index is 0.205. The van der Waals surface area contributed by atoms with Crippen molar-refractivity contribution < 1.29 is 14.7 Å². The van der Waals surface area contributed by atoms with E-state index in [1.165, 1.54) is 12.4 Å². The number of nitrogens with zero attached hydrogens (tertiary/aromatic N) is 2. The number of aromatic carboxylic acids is 1. The molecule has 0 saturated heterocycles. The second-order valence-electron chi connectivity index (χ2n) is 3.50. The topological polar surface area (TPSA) is 95.0 Å². The number of carboxylic acids is 1. The maximum absolute atomic E-state index is 11.6. The molecule has 0 aliphatic rings. The molecule has 0 radical (unpaired) electrons. The Hall–Kier alpha value is -1.98. The highest BCUT2D eigenvalue weighted by Gasteiger charge is 2.13. The predicted molar refractivity (Wildman–Crippen MR) is 58.2 cm³/mol. The summed E-state index contributed by atoms with van der Waals surface area (Å²) in [6, 6.07) is 0. The van der Waals surface area contributed by atoms with E-state index in [4.69, 9.17) is 0 Å². The van der Waals surface area contributed by atoms with Crippen molar-refractivity contribution in [3.8, 4) is 0 Å². The molecule has 1 heterocycles. The number of amides is 1. The van der Waals surface area contributed by atoms with Crippen LogP contribution in [0.25, 0.3) is 0 Å². The zero-order valence-corrected chi connectivity index (χ0v) is 9.60. The molecule has 0 saturated carbocycles. The van der Waals surface area contributed by atoms with Gasteiger partial charge in [0.1, 0.15) is 5.69 Å². The Morgan fingerprint density at radius 3 is 2.47 bits per heavy atom. The Kier molecular flexibility index (Phi) is 5.06. The molecular formula is C11H14N3O3-. The van der Waals surface area contributed by atoms with E-state index in [-0.39, 0.29) is 5.69 Å². The lowest BCUT2D eigenvalue weighted by molar-refractivity contribution is -0.255. The first-order chi connectivity index (χ1) is 8.16. The maximum atomic E-state index is 11.6. The summed E-state index contributed by atoms with van der Waals surface area (Å²) in [6.45, 7) is 2.55. The fraction of sp³-hybridized carbons (Fsp3) is 0.455. The Labute approximate surface area is 99.1 Å². The molecule has 1 aromatic rings. The van der Waals surface area contributed by atoms with E-state index in [1.807, 2.05) is 0 Å². The van der Waals surface area contributed by atoms with Crippen molar-refractivity contribution in [2.75, 3.05) is 6.54 Å². The SMILES string of the molecule is CCCCCNC(=O)c1nccnc1C(=O)[O-]. The Balaban J connectivity index is 2.65. The highest BCUT2D eigenvalue weighted by molar-refractivity contribution is 6.01. The fourth-order valence-electron chi connectivity index (χ4n) is 1.31. The summed E-state index contributed by atoms with van der Waals surface area (Å²) in [7, 11) is 0. The normalized spacial score (nSPS) is 9.94. The maximum Gasteiger partial charge on any atom is 0.272 e. The van der Waals surface area contributed by atoms with Gasteiger partial charge in [0, 0.05) is 18.9 Å². The van der Waals surface area contributed by atoms with E-state index in [9.17, 15) is 14.7 Å². The average Bonchev–Trinajstić information content (AvgIpc) is 2.34. The first-order valence-corrected chi connectivity index (χ1v) is 5.47. The fourth-order valence-corrected chi connectivity index (χ4v) is 1.31. The number of unbranched alkanes of at least 4 members (excludes halogenated alkanes) is 2. The highest BCUT2D eigenvalue weighted by Crippen LogP contribution is 2.00. The van der Waals surface area contributed by atoms with Gasteiger partial charge in [0.25, 0.3) is 5.91 Å². The molecule has 92 valence electrons. The van der Waals surface area contributed by atoms with Gasteiger partial charge in [-0.25, -0.2) is 4.98 Å². The molecule has 0 fully saturated rings. The number of carboxylic acid groups (broad SMARTS) is 1. The summed E-state index contributed by atoms with van der Waals surface area (Å²) in [5.41, 5.74) is -0.635. The number of carbonyl (C=O) groups is 2. The van der Waals surface area contributed by atoms with Gasteiger partial charge in [-0.15, -0.1) is 0 Å². The summed E-state index contributed by atoms with van der Waals surface area (Å²) < 4.78 is 0. The standard InChI is InChI=1S/C11H15N3O3/c1-2-3-4-5-14-10(15)8-9(11(16)17)13-7-6-12-8/h6-7H,2-5H2,1H3,(H,14,15)(H,16,17)/p-1. The van der Waals surface area contributed by atoms with Crippen LogP contribution < -0.4 is 10.4 Å². The average molecular weight is 236 g/mol. The quantitative estimate of drug-likeness (QED) is 0.688. The molecule has 1 rings (SSSR count). The molecule has 0 atom stereocenters. The smallest absolute Gasteiger partial charge is 0.272 e. The van der Waals surface area contributed by atoms with Gasteiger partial charge in [0.05, 0.1) is 5.97 Å². The third-order valence-electron chi connectivity index (χ3n) is 2.17. The van der Waals surface area contributed by atoms with Crippen molar-refractivity contribution >= 4 is 11.9 Å². The van der Waals surface area contributed by atoms with Crippen LogP contribution in [-0.2, 0) is 0 Å². The summed E-state index contributed by atoms with van der Waals surface area (Å²) in [5.74, 6) is -2.04. The van der Waals surface area contributed by atoms with Crippen molar-refractivity contribution in [2.24, 2.45) is 0 Å². The van der Waals surface area contributed by atoms with Crippen LogP contribution in [0.5, 0.6) is 0 Å². The summed E-state index contributed by atoms with van der Waals surface area (Å²) in [6.07, 6.45) is 5.38. The van der Waals surface area contributed by atoms with Crippen molar-refractivity contribution in [3.05, 3.63) is 23.8 Å². The lowest BCUT2D eigenvalue weighted by Gasteiger charge is -2.08. The van der Waals surface area contributed by atoms with Gasteiger partial charge in [-0.05, 0) is 6.42 Å². The number of rotatable bonds is 6. The van der Waals surface area contributed by atoms with Gasteiger partial charge in [0.2, 0.25) is 0 Å². The molecule has 0 bridgehead atoms. The van der Waals surface area contributed by atoms with Crippen LogP contribution in [0.2, 0.25) is 0 Å². The number of nitrogens with one attached hydrogen (secondary N) is 1. The van der Waals surface area contributed by atoms with Crippen LogP contribution in [0.1, 0.15) is 47.2 Å². The lowest BCUT2D eigenvalue weighted by Crippen LogP contribution is -2.32. The number of hydrogen-bond donors (Lipinski definition) is 1. The van der Waals surface area contributed by atoms with Gasteiger partial charge in [0.15, 0.2) is 5.69 Å². The van der Waals surface area contributed by atoms with Crippen LogP contribution in [0.4, 0.5) is 0 Å². The molecule has 6 heteroatoms. The lowest BCUT2D eigenvalue weighted by atomic mass is 10.2. The highest BCUT2D eigenvalue weighted by atomic mass is 16.4. The Morgan fingerprint density at radius 1 is 1.24 bits per heavy atom. The molecule has 0 aliphatic carbocycles. The van der Waals surface area contributed by atoms with Gasteiger partial charge >= 0.3 is 0 Å². The molecule has 0 unspecified atom stereocenters. The van der Waals surface area contributed by atoms with Gasteiger partial charge < -0.3 is 15.2 Å². The molecule has 0 spiro atoms. The van der Waals surface area contributed by atoms with E-state index < -0.39 is 17.6 Å². The third-order valence-corrected chi connectivity index (χ3v) is 2.17. The van der Waals surface area contributed by atoms with Gasteiger partial charge in [-0.1, -0.05) is 19.8 Å². The van der Waals surface area contributed by atoms with Crippen LogP contribution in [0, 0.1) is 0 Å². The predicted octanol–water partition coefficient (Wildman–Crippen LogP) is -0.240. The molecule has 0 aliphatic heterocycles. The molecule has 1 amide bonds. The molecule has 6 nitrogen and oxygen atoms in total. The van der Waals surface area contributed by atoms with Crippen molar-refractivity contribution in [1.29, 1.82) is 0 Å². The number of carbonyl (C=O) groups excluding carboxylic acids is 2. The van der Waals surface area contributed by atoms with Gasteiger partial charge in [-0.2, -0.15) is 0 Å². The summed E-state index contributed by atoms with van der Waals surface area (Å²) in [5, 5.41) is 13.3. The molecule has 1 aromatic heterocycles. The molecular weight excluding hydrogens is 222 g/mol. The zero-order chi connectivity index (χ0) is 12.7. The van der Waals surface area contributed by atoms with E-state index in [0.29, 0.717) is 6.54 Å². The molecule has 1 N–H and O–H groups in total. The minimum atomic E-state index is -1.50. The molecule has 17 heavy (non-hydrogen) atoms. The van der Waals surface area contributed by atoms with Crippen LogP contribution in [0.15, 0.2) is 12.4 Å². The third kappa shape index (κ3) is 3.82. The Morgan fingerprint density at radius 2 is 1.88 bits per heavy atom. The van der Waals surface area contributed by atoms with Gasteiger partial charge in [-0.3, -0.25) is 9.78 Å². The van der Waals surface area contributed by atoms with Crippen LogP contribution >= 0.6 is 0 Å².